The Labute approximate surface area is 456 Å². The van der Waals surface area contributed by atoms with Crippen LogP contribution < -0.4 is 27.4 Å². The number of nitrogens with two attached hydrogens (primary N) is 2. The maximum atomic E-state index is 14.0. The molecule has 1 aliphatic carbocycles. The zero-order chi connectivity index (χ0) is 54.1. The number of aryl methyl sites for hydroxylation is 1. The minimum atomic E-state index is -0.751. The van der Waals surface area contributed by atoms with Crippen molar-refractivity contribution in [2.24, 2.45) is 11.1 Å². The van der Waals surface area contributed by atoms with E-state index in [0.717, 1.165) is 119 Å². The number of thiazole rings is 1. The molecule has 4 aromatic heterocycles. The lowest BCUT2D eigenvalue weighted by atomic mass is 9.73. The molecule has 3 aromatic carbocycles. The molecule has 77 heavy (non-hydrogen) atoms. The highest BCUT2D eigenvalue weighted by Gasteiger charge is 2.42. The summed E-state index contributed by atoms with van der Waals surface area (Å²) in [6.07, 6.45) is 12.8. The first-order valence-corrected chi connectivity index (χ1v) is 28.3. The van der Waals surface area contributed by atoms with E-state index in [1.54, 1.807) is 22.4 Å². The Kier molecular flexibility index (Phi) is 17.2. The van der Waals surface area contributed by atoms with Gasteiger partial charge in [0.15, 0.2) is 11.5 Å². The molecular weight excluding hydrogens is 983 g/mol. The second-order valence-electron chi connectivity index (χ2n) is 22.0. The van der Waals surface area contributed by atoms with Gasteiger partial charge in [0.2, 0.25) is 23.6 Å². The number of likely N-dealkylation sites (tertiary alicyclic amines) is 1. The van der Waals surface area contributed by atoms with Crippen molar-refractivity contribution < 1.29 is 19.2 Å². The standard InChI is InChI=1S/C61H73N11O4S/c1-40-53(77-39-67-40)43-23-21-42(22-24-43)38-66-58(75)50-18-13-36-71(50)59(76)54(60(2,3)4)70-52(74)20-10-8-6-5-7-9-19-51(73)64-35-31-41-15-11-16-44(37-41)48-29-30-49-57(68-48)72(56(69-49)47-17-12-34-65-55(47)62)46-27-25-45(26-28-46)61(63)32-14-33-61/h11-12,15-17,21-30,34,37,39,50,54H,5-10,13-14,18-20,31-33,35-36,38,63H2,1-4H3,(H2,62,65)(H,64,73)(H,66,75)(H,70,74)/t50-,54?/m0/s1. The van der Waals surface area contributed by atoms with Gasteiger partial charge in [-0.15, -0.1) is 11.3 Å². The topological polar surface area (TPSA) is 216 Å². The highest BCUT2D eigenvalue weighted by molar-refractivity contribution is 7.13. The molecule has 0 spiro atoms. The van der Waals surface area contributed by atoms with Gasteiger partial charge in [-0.1, -0.05) is 101 Å². The SMILES string of the molecule is Cc1ncsc1-c1ccc(CNC(=O)[C@@H]2CCCN2C(=O)C(NC(=O)CCCCCCCCC(=O)NCCc2cccc(-c3ccc4nc(-c5cccnc5N)n(-c5ccc(C6(N)CCC6)cc5)c4n3)c2)C(C)(C)C)cc1. The Morgan fingerprint density at radius 3 is 2.22 bits per heavy atom. The number of carbonyl (C=O) groups is 4. The molecule has 2 aliphatic rings. The fourth-order valence-corrected chi connectivity index (χ4v) is 11.4. The quantitative estimate of drug-likeness (QED) is 0.0405. The van der Waals surface area contributed by atoms with Crippen molar-refractivity contribution >= 4 is 51.9 Å². The largest absolute Gasteiger partial charge is 0.383 e. The molecule has 1 saturated heterocycles. The first-order valence-electron chi connectivity index (χ1n) is 27.4. The van der Waals surface area contributed by atoms with Gasteiger partial charge in [-0.25, -0.2) is 19.9 Å². The fourth-order valence-electron chi connectivity index (χ4n) is 10.5. The summed E-state index contributed by atoms with van der Waals surface area (Å²) in [4.78, 5) is 75.3. The summed E-state index contributed by atoms with van der Waals surface area (Å²) < 4.78 is 2.04. The average molecular weight is 1060 g/mol. The number of anilines is 1. The number of unbranched alkanes of at least 4 members (excludes halogenated alkanes) is 5. The third kappa shape index (κ3) is 13.1. The molecule has 2 fully saturated rings. The molecule has 9 rings (SSSR count). The number of carbonyl (C=O) groups excluding carboxylic acids is 4. The maximum Gasteiger partial charge on any atom is 0.246 e. The number of aromatic nitrogens is 5. The van der Waals surface area contributed by atoms with Gasteiger partial charge < -0.3 is 32.3 Å². The zero-order valence-electron chi connectivity index (χ0n) is 44.9. The van der Waals surface area contributed by atoms with Crippen molar-refractivity contribution in [3.05, 3.63) is 131 Å². The van der Waals surface area contributed by atoms with Crippen LogP contribution in [0.1, 0.15) is 127 Å². The molecule has 402 valence electrons. The van der Waals surface area contributed by atoms with Gasteiger partial charge in [0.1, 0.15) is 23.4 Å². The molecule has 7 aromatic rings. The third-order valence-corrected chi connectivity index (χ3v) is 16.2. The lowest BCUT2D eigenvalue weighted by Gasteiger charge is -2.38. The number of pyridine rings is 2. The van der Waals surface area contributed by atoms with Crippen molar-refractivity contribution in [2.45, 2.75) is 142 Å². The number of hydrogen-bond donors (Lipinski definition) is 5. The van der Waals surface area contributed by atoms with Crippen LogP contribution in [0.5, 0.6) is 0 Å². The van der Waals surface area contributed by atoms with E-state index in [9.17, 15) is 19.2 Å². The predicted molar refractivity (Wildman–Crippen MR) is 306 cm³/mol. The fraction of sp³-hybridized carbons (Fsp3) is 0.410. The Bertz CT molecular complexity index is 3190. The van der Waals surface area contributed by atoms with Crippen LogP contribution in [0.4, 0.5) is 5.82 Å². The summed E-state index contributed by atoms with van der Waals surface area (Å²) in [5, 5.41) is 9.19. The van der Waals surface area contributed by atoms with Crippen LogP contribution in [0, 0.1) is 12.3 Å². The van der Waals surface area contributed by atoms with Crippen LogP contribution in [0.15, 0.2) is 109 Å². The maximum absolute atomic E-state index is 14.0. The third-order valence-electron chi connectivity index (χ3n) is 15.2. The first-order chi connectivity index (χ1) is 37.1. The molecule has 15 nitrogen and oxygen atoms in total. The molecule has 7 N–H and O–H groups in total. The van der Waals surface area contributed by atoms with Crippen LogP contribution in [0.25, 0.3) is 49.9 Å². The second kappa shape index (κ2) is 24.4. The summed E-state index contributed by atoms with van der Waals surface area (Å²) in [7, 11) is 0. The van der Waals surface area contributed by atoms with Crippen LogP contribution in [-0.4, -0.2) is 78.2 Å². The van der Waals surface area contributed by atoms with Gasteiger partial charge in [0.05, 0.1) is 27.3 Å². The van der Waals surface area contributed by atoms with Crippen LogP contribution in [0.2, 0.25) is 0 Å². The Morgan fingerprint density at radius 2 is 1.53 bits per heavy atom. The van der Waals surface area contributed by atoms with E-state index in [4.69, 9.17) is 21.4 Å². The predicted octanol–water partition coefficient (Wildman–Crippen LogP) is 10.1. The van der Waals surface area contributed by atoms with E-state index in [1.165, 1.54) is 0 Å². The van der Waals surface area contributed by atoms with Gasteiger partial charge in [-0.3, -0.25) is 23.7 Å². The molecule has 16 heteroatoms. The molecule has 5 heterocycles. The number of nitrogens with one attached hydrogen (secondary N) is 3. The van der Waals surface area contributed by atoms with E-state index in [2.05, 4.69) is 62.3 Å². The van der Waals surface area contributed by atoms with Crippen molar-refractivity contribution in [2.75, 3.05) is 18.8 Å². The number of imidazole rings is 1. The molecule has 0 bridgehead atoms. The van der Waals surface area contributed by atoms with Gasteiger partial charge in [0, 0.05) is 55.5 Å². The average Bonchev–Trinajstić information content (AvgIpc) is 4.22. The number of rotatable bonds is 22. The summed E-state index contributed by atoms with van der Waals surface area (Å²) in [6, 6.07) is 31.2. The second-order valence-corrected chi connectivity index (χ2v) is 22.8. The van der Waals surface area contributed by atoms with E-state index in [0.29, 0.717) is 69.0 Å². The van der Waals surface area contributed by atoms with Gasteiger partial charge in [-0.05, 0) is 128 Å². The molecule has 1 saturated carbocycles. The van der Waals surface area contributed by atoms with Crippen molar-refractivity contribution in [1.82, 2.24) is 45.4 Å². The van der Waals surface area contributed by atoms with Crippen molar-refractivity contribution in [3.8, 4) is 38.8 Å². The number of benzene rings is 3. The van der Waals surface area contributed by atoms with Crippen LogP contribution in [-0.2, 0) is 37.7 Å². The van der Waals surface area contributed by atoms with Gasteiger partial charge in [-0.2, -0.15) is 0 Å². The molecule has 1 unspecified atom stereocenters. The Hall–Kier alpha value is -7.30. The molecule has 2 atom stereocenters. The monoisotopic (exact) mass is 1060 g/mol. The lowest BCUT2D eigenvalue weighted by molar-refractivity contribution is -0.143. The normalized spacial score (nSPS) is 15.5. The van der Waals surface area contributed by atoms with E-state index >= 15 is 0 Å². The summed E-state index contributed by atoms with van der Waals surface area (Å²) >= 11 is 1.60. The smallest absolute Gasteiger partial charge is 0.246 e. The summed E-state index contributed by atoms with van der Waals surface area (Å²) in [5.41, 5.74) is 24.2. The highest BCUT2D eigenvalue weighted by Crippen LogP contribution is 2.40. The van der Waals surface area contributed by atoms with Gasteiger partial charge in [0.25, 0.3) is 0 Å². The minimum Gasteiger partial charge on any atom is -0.383 e. The number of nitrogens with zero attached hydrogens (tertiary/aromatic N) is 6. The van der Waals surface area contributed by atoms with E-state index < -0.39 is 17.5 Å². The zero-order valence-corrected chi connectivity index (χ0v) is 45.8. The molecule has 4 amide bonds. The Morgan fingerprint density at radius 1 is 0.792 bits per heavy atom. The number of nitrogen functional groups attached to an aromatic ring is 1. The molecule has 0 radical (unpaired) electrons. The summed E-state index contributed by atoms with van der Waals surface area (Å²) in [5.74, 6) is 0.537. The summed E-state index contributed by atoms with van der Waals surface area (Å²) in [6.45, 7) is 9.19. The van der Waals surface area contributed by atoms with Crippen molar-refractivity contribution in [3.63, 3.8) is 0 Å². The van der Waals surface area contributed by atoms with Crippen LogP contribution in [0.3, 0.4) is 0 Å². The van der Waals surface area contributed by atoms with E-state index in [1.807, 2.05) is 98.4 Å². The number of amides is 4. The van der Waals surface area contributed by atoms with E-state index in [-0.39, 0.29) is 29.2 Å². The van der Waals surface area contributed by atoms with Crippen LogP contribution >= 0.6 is 11.3 Å². The molecule has 1 aliphatic heterocycles. The Balaban J connectivity index is 0.687. The number of fused-ring (bicyclic) bond motifs is 1. The van der Waals surface area contributed by atoms with Crippen molar-refractivity contribution in [1.29, 1.82) is 0 Å². The lowest BCUT2D eigenvalue weighted by Crippen LogP contribution is -2.57. The molecular formula is C61H73N11O4S. The highest BCUT2D eigenvalue weighted by atomic mass is 32.1. The van der Waals surface area contributed by atoms with Gasteiger partial charge >= 0.3 is 0 Å². The minimum absolute atomic E-state index is 0.0404. The first kappa shape index (κ1) is 54.5. The number of hydrogen-bond acceptors (Lipinski definition) is 11.